The molecule has 3 aromatic rings. The second-order valence-electron chi connectivity index (χ2n) is 6.36. The van der Waals surface area contributed by atoms with Crippen molar-refractivity contribution in [1.82, 2.24) is 0 Å². The number of benzene rings is 3. The van der Waals surface area contributed by atoms with Crippen LogP contribution in [0.4, 0.5) is 11.4 Å². The van der Waals surface area contributed by atoms with E-state index in [-0.39, 0.29) is 10.8 Å². The normalized spacial score (nSPS) is 11.1. The molecule has 2 N–H and O–H groups in total. The Balaban J connectivity index is 1.78. The number of carbonyl (C=O) groups excluding carboxylic acids is 1. The molecular weight excluding hydrogens is 396 g/mol. The van der Waals surface area contributed by atoms with Crippen molar-refractivity contribution in [2.45, 2.75) is 18.7 Å². The number of carbonyl (C=O) groups is 1. The van der Waals surface area contributed by atoms with E-state index in [4.69, 9.17) is 11.6 Å². The third kappa shape index (κ3) is 4.52. The Morgan fingerprint density at radius 2 is 1.50 bits per heavy atom. The number of hydrogen-bond acceptors (Lipinski definition) is 3. The zero-order chi connectivity index (χ0) is 20.3. The molecule has 0 aliphatic rings. The molecular formula is C21H19ClN2O3S. The second kappa shape index (κ2) is 8.04. The van der Waals surface area contributed by atoms with E-state index in [2.05, 4.69) is 10.0 Å². The Morgan fingerprint density at radius 3 is 2.18 bits per heavy atom. The van der Waals surface area contributed by atoms with E-state index in [1.165, 1.54) is 24.3 Å². The Bertz CT molecular complexity index is 1130. The van der Waals surface area contributed by atoms with Gasteiger partial charge >= 0.3 is 0 Å². The van der Waals surface area contributed by atoms with Gasteiger partial charge in [0.1, 0.15) is 0 Å². The number of rotatable bonds is 5. The van der Waals surface area contributed by atoms with Gasteiger partial charge in [-0.3, -0.25) is 9.52 Å². The minimum Gasteiger partial charge on any atom is -0.322 e. The maximum absolute atomic E-state index is 12.6. The smallest absolute Gasteiger partial charge is 0.261 e. The molecule has 3 rings (SSSR count). The van der Waals surface area contributed by atoms with Crippen molar-refractivity contribution in [1.29, 1.82) is 0 Å². The molecule has 5 nitrogen and oxygen atoms in total. The molecule has 3 aromatic carbocycles. The van der Waals surface area contributed by atoms with Gasteiger partial charge in [-0.15, -0.1) is 0 Å². The van der Waals surface area contributed by atoms with Gasteiger partial charge in [0.2, 0.25) is 0 Å². The first-order valence-electron chi connectivity index (χ1n) is 8.52. The van der Waals surface area contributed by atoms with Gasteiger partial charge < -0.3 is 5.32 Å². The lowest BCUT2D eigenvalue weighted by Gasteiger charge is -2.11. The molecule has 0 radical (unpaired) electrons. The van der Waals surface area contributed by atoms with Crippen molar-refractivity contribution in [2.24, 2.45) is 0 Å². The minimum absolute atomic E-state index is 0.0752. The zero-order valence-corrected chi connectivity index (χ0v) is 16.9. The van der Waals surface area contributed by atoms with Crippen LogP contribution in [-0.2, 0) is 10.0 Å². The van der Waals surface area contributed by atoms with Crippen LogP contribution in [-0.4, -0.2) is 14.3 Å². The second-order valence-corrected chi connectivity index (χ2v) is 8.48. The Morgan fingerprint density at radius 1 is 0.857 bits per heavy atom. The minimum atomic E-state index is -3.75. The highest BCUT2D eigenvalue weighted by Gasteiger charge is 2.16. The highest BCUT2D eigenvalue weighted by atomic mass is 35.5. The van der Waals surface area contributed by atoms with Crippen LogP contribution in [0.2, 0.25) is 5.02 Å². The lowest BCUT2D eigenvalue weighted by atomic mass is 10.1. The molecule has 0 unspecified atom stereocenters. The van der Waals surface area contributed by atoms with Crippen LogP contribution >= 0.6 is 11.6 Å². The van der Waals surface area contributed by atoms with Crippen molar-refractivity contribution in [3.8, 4) is 0 Å². The number of halogens is 1. The van der Waals surface area contributed by atoms with E-state index < -0.39 is 10.0 Å². The van der Waals surface area contributed by atoms with Gasteiger partial charge in [-0.05, 0) is 67.4 Å². The van der Waals surface area contributed by atoms with Gasteiger partial charge in [-0.25, -0.2) is 8.42 Å². The maximum atomic E-state index is 12.6. The molecule has 28 heavy (non-hydrogen) atoms. The molecule has 0 aromatic heterocycles. The van der Waals surface area contributed by atoms with Crippen LogP contribution in [0, 0.1) is 13.8 Å². The average molecular weight is 415 g/mol. The maximum Gasteiger partial charge on any atom is 0.261 e. The number of anilines is 2. The van der Waals surface area contributed by atoms with Crippen molar-refractivity contribution < 1.29 is 13.2 Å². The quantitative estimate of drug-likeness (QED) is 0.616. The van der Waals surface area contributed by atoms with Crippen molar-refractivity contribution in [3.05, 3.63) is 88.4 Å². The molecule has 144 valence electrons. The topological polar surface area (TPSA) is 75.3 Å². The molecule has 0 aliphatic heterocycles. The number of nitrogens with one attached hydrogen (secondary N) is 2. The molecule has 0 atom stereocenters. The average Bonchev–Trinajstić information content (AvgIpc) is 2.66. The summed E-state index contributed by atoms with van der Waals surface area (Å²) in [5, 5.41) is 3.30. The first-order chi connectivity index (χ1) is 13.3. The highest BCUT2D eigenvalue weighted by molar-refractivity contribution is 7.92. The molecule has 1 amide bonds. The molecule has 0 heterocycles. The largest absolute Gasteiger partial charge is 0.322 e. The fourth-order valence-electron chi connectivity index (χ4n) is 2.60. The van der Waals surface area contributed by atoms with Gasteiger partial charge in [-0.1, -0.05) is 35.9 Å². The van der Waals surface area contributed by atoms with Gasteiger partial charge in [0.25, 0.3) is 15.9 Å². The molecule has 0 aliphatic carbocycles. The van der Waals surface area contributed by atoms with Crippen LogP contribution in [0.5, 0.6) is 0 Å². The van der Waals surface area contributed by atoms with E-state index in [1.807, 2.05) is 32.0 Å². The van der Waals surface area contributed by atoms with E-state index in [9.17, 15) is 13.2 Å². The SMILES string of the molecule is Cc1ccc(Cl)cc1NC(=O)c1ccc(S(=O)(=O)Nc2ccccc2C)cc1. The first-order valence-corrected chi connectivity index (χ1v) is 10.4. The Hall–Kier alpha value is -2.83. The number of amides is 1. The Labute approximate surface area is 169 Å². The predicted molar refractivity (Wildman–Crippen MR) is 113 cm³/mol. The fourth-order valence-corrected chi connectivity index (χ4v) is 3.90. The van der Waals surface area contributed by atoms with E-state index >= 15 is 0 Å². The van der Waals surface area contributed by atoms with Crippen LogP contribution in [0.1, 0.15) is 21.5 Å². The molecule has 0 spiro atoms. The molecule has 0 bridgehead atoms. The number of aryl methyl sites for hydroxylation is 2. The number of hydrogen-bond donors (Lipinski definition) is 2. The molecule has 0 saturated carbocycles. The van der Waals surface area contributed by atoms with Crippen LogP contribution in [0.15, 0.2) is 71.6 Å². The van der Waals surface area contributed by atoms with Gasteiger partial charge in [0.15, 0.2) is 0 Å². The van der Waals surface area contributed by atoms with E-state index in [0.29, 0.717) is 22.0 Å². The first kappa shape index (κ1) is 19.9. The monoisotopic (exact) mass is 414 g/mol. The number of para-hydroxylation sites is 1. The van der Waals surface area contributed by atoms with Crippen molar-refractivity contribution in [3.63, 3.8) is 0 Å². The third-order valence-corrected chi connectivity index (χ3v) is 5.88. The fraction of sp³-hybridized carbons (Fsp3) is 0.0952. The van der Waals surface area contributed by atoms with Crippen LogP contribution in [0.3, 0.4) is 0 Å². The van der Waals surface area contributed by atoms with Gasteiger partial charge in [-0.2, -0.15) is 0 Å². The molecule has 7 heteroatoms. The van der Waals surface area contributed by atoms with E-state index in [0.717, 1.165) is 11.1 Å². The zero-order valence-electron chi connectivity index (χ0n) is 15.4. The summed E-state index contributed by atoms with van der Waals surface area (Å²) in [4.78, 5) is 12.5. The predicted octanol–water partition coefficient (Wildman–Crippen LogP) is 5.01. The summed E-state index contributed by atoms with van der Waals surface area (Å²) in [6.45, 7) is 3.68. The summed E-state index contributed by atoms with van der Waals surface area (Å²) in [5.41, 5.74) is 3.16. The van der Waals surface area contributed by atoms with Crippen molar-refractivity contribution in [2.75, 3.05) is 10.0 Å². The summed E-state index contributed by atoms with van der Waals surface area (Å²) in [6.07, 6.45) is 0. The van der Waals surface area contributed by atoms with Gasteiger partial charge in [0, 0.05) is 16.3 Å². The van der Waals surface area contributed by atoms with Crippen molar-refractivity contribution >= 4 is 38.9 Å². The summed E-state index contributed by atoms with van der Waals surface area (Å²) < 4.78 is 27.7. The molecule has 0 saturated heterocycles. The lowest BCUT2D eigenvalue weighted by Crippen LogP contribution is -2.15. The lowest BCUT2D eigenvalue weighted by molar-refractivity contribution is 0.102. The standard InChI is InChI=1S/C21H19ClN2O3S/c1-14-5-3-4-6-19(14)24-28(26,27)18-11-8-16(9-12-18)21(25)23-20-13-17(22)10-7-15(20)2/h3-13,24H,1-2H3,(H,23,25). The molecule has 0 fully saturated rings. The summed E-state index contributed by atoms with van der Waals surface area (Å²) in [5.74, 6) is -0.346. The Kier molecular flexibility index (Phi) is 5.72. The van der Waals surface area contributed by atoms with E-state index in [1.54, 1.807) is 24.3 Å². The number of sulfonamides is 1. The summed E-state index contributed by atoms with van der Waals surface area (Å²) >= 11 is 5.97. The third-order valence-electron chi connectivity index (χ3n) is 4.26. The van der Waals surface area contributed by atoms with Crippen LogP contribution in [0.25, 0.3) is 0 Å². The van der Waals surface area contributed by atoms with Crippen LogP contribution < -0.4 is 10.0 Å². The highest BCUT2D eigenvalue weighted by Crippen LogP contribution is 2.22. The van der Waals surface area contributed by atoms with Gasteiger partial charge in [0.05, 0.1) is 10.6 Å². The summed E-state index contributed by atoms with van der Waals surface area (Å²) in [6, 6.07) is 18.1. The summed E-state index contributed by atoms with van der Waals surface area (Å²) in [7, 11) is -3.75.